The lowest BCUT2D eigenvalue weighted by Gasteiger charge is -2.16. The van der Waals surface area contributed by atoms with Gasteiger partial charge in [0.2, 0.25) is 0 Å². The smallest absolute Gasteiger partial charge is 0.387 e. The SMILES string of the molecule is CCn1cc(Br)c(CN(C)C(=O)c2cccc(OC(F)F)c2)n1. The van der Waals surface area contributed by atoms with Crippen LogP contribution in [-0.2, 0) is 13.1 Å². The molecule has 0 aliphatic carbocycles. The molecular formula is C15H16BrF2N3O2. The fourth-order valence-corrected chi connectivity index (χ4v) is 2.47. The molecule has 0 saturated carbocycles. The first-order valence-corrected chi connectivity index (χ1v) is 7.72. The summed E-state index contributed by atoms with van der Waals surface area (Å²) in [7, 11) is 1.63. The maximum absolute atomic E-state index is 12.4. The van der Waals surface area contributed by atoms with Crippen molar-refractivity contribution in [1.29, 1.82) is 0 Å². The summed E-state index contributed by atoms with van der Waals surface area (Å²) in [6, 6.07) is 5.73. The Balaban J connectivity index is 2.11. The Bertz CT molecular complexity index is 691. The molecule has 8 heteroatoms. The van der Waals surface area contributed by atoms with E-state index in [0.29, 0.717) is 6.54 Å². The summed E-state index contributed by atoms with van der Waals surface area (Å²) < 4.78 is 31.4. The number of aryl methyl sites for hydroxylation is 1. The van der Waals surface area contributed by atoms with Crippen LogP contribution in [0.15, 0.2) is 34.9 Å². The molecule has 124 valence electrons. The van der Waals surface area contributed by atoms with E-state index in [4.69, 9.17) is 0 Å². The minimum absolute atomic E-state index is 0.0457. The summed E-state index contributed by atoms with van der Waals surface area (Å²) in [4.78, 5) is 13.9. The number of amides is 1. The van der Waals surface area contributed by atoms with E-state index < -0.39 is 6.61 Å². The Hall–Kier alpha value is -1.96. The van der Waals surface area contributed by atoms with Crippen molar-refractivity contribution in [2.75, 3.05) is 7.05 Å². The molecule has 0 aliphatic heterocycles. The van der Waals surface area contributed by atoms with Crippen LogP contribution in [0, 0.1) is 0 Å². The van der Waals surface area contributed by atoms with Crippen LogP contribution in [0.1, 0.15) is 23.0 Å². The van der Waals surface area contributed by atoms with Crippen molar-refractivity contribution in [3.63, 3.8) is 0 Å². The molecule has 23 heavy (non-hydrogen) atoms. The molecule has 1 heterocycles. The maximum Gasteiger partial charge on any atom is 0.387 e. The van der Waals surface area contributed by atoms with Crippen molar-refractivity contribution in [3.05, 3.63) is 46.2 Å². The molecule has 0 aliphatic rings. The van der Waals surface area contributed by atoms with Crippen molar-refractivity contribution >= 4 is 21.8 Å². The highest BCUT2D eigenvalue weighted by Gasteiger charge is 2.16. The summed E-state index contributed by atoms with van der Waals surface area (Å²) in [5.41, 5.74) is 0.999. The molecule has 1 amide bonds. The molecule has 0 N–H and O–H groups in total. The van der Waals surface area contributed by atoms with Crippen LogP contribution in [0.2, 0.25) is 0 Å². The van der Waals surface area contributed by atoms with E-state index in [-0.39, 0.29) is 17.2 Å². The minimum atomic E-state index is -2.92. The van der Waals surface area contributed by atoms with Crippen molar-refractivity contribution in [3.8, 4) is 5.75 Å². The number of nitrogens with zero attached hydrogens (tertiary/aromatic N) is 3. The molecule has 0 atom stereocenters. The topological polar surface area (TPSA) is 47.4 Å². The number of benzene rings is 1. The number of aromatic nitrogens is 2. The van der Waals surface area contributed by atoms with Gasteiger partial charge in [-0.3, -0.25) is 9.48 Å². The molecule has 0 bridgehead atoms. The highest BCUT2D eigenvalue weighted by Crippen LogP contribution is 2.20. The number of halogens is 3. The molecule has 5 nitrogen and oxygen atoms in total. The molecule has 0 unspecified atom stereocenters. The zero-order valence-electron chi connectivity index (χ0n) is 12.7. The molecule has 0 saturated heterocycles. The molecule has 0 fully saturated rings. The Labute approximate surface area is 141 Å². The number of hydrogen-bond acceptors (Lipinski definition) is 3. The maximum atomic E-state index is 12.4. The normalized spacial score (nSPS) is 10.9. The van der Waals surface area contributed by atoms with Gasteiger partial charge >= 0.3 is 6.61 Å². The van der Waals surface area contributed by atoms with Gasteiger partial charge in [-0.15, -0.1) is 0 Å². The number of ether oxygens (including phenoxy) is 1. The zero-order chi connectivity index (χ0) is 17.0. The van der Waals surface area contributed by atoms with Crippen LogP contribution in [0.3, 0.4) is 0 Å². The zero-order valence-corrected chi connectivity index (χ0v) is 14.3. The summed E-state index contributed by atoms with van der Waals surface area (Å²) in [6.45, 7) is 0.0643. The Morgan fingerprint density at radius 3 is 2.83 bits per heavy atom. The van der Waals surface area contributed by atoms with E-state index in [1.54, 1.807) is 17.8 Å². The number of carbonyl (C=O) groups is 1. The first-order chi connectivity index (χ1) is 10.9. The molecule has 2 aromatic rings. The average molecular weight is 388 g/mol. The van der Waals surface area contributed by atoms with E-state index in [2.05, 4.69) is 25.8 Å². The standard InChI is InChI=1S/C15H16BrF2N3O2/c1-3-21-8-12(16)13(19-21)9-20(2)14(22)10-5-4-6-11(7-10)23-15(17)18/h4-8,15H,3,9H2,1-2H3. The predicted molar refractivity (Wildman–Crippen MR) is 84.5 cm³/mol. The van der Waals surface area contributed by atoms with Gasteiger partial charge in [0.05, 0.1) is 16.7 Å². The largest absolute Gasteiger partial charge is 0.435 e. The van der Waals surface area contributed by atoms with Crippen LogP contribution in [0.5, 0.6) is 5.75 Å². The predicted octanol–water partition coefficient (Wildman–Crippen LogP) is 3.54. The number of hydrogen-bond donors (Lipinski definition) is 0. The van der Waals surface area contributed by atoms with Crippen LogP contribution in [0.25, 0.3) is 0 Å². The fraction of sp³-hybridized carbons (Fsp3) is 0.333. The van der Waals surface area contributed by atoms with E-state index >= 15 is 0 Å². The number of rotatable bonds is 6. The van der Waals surface area contributed by atoms with Crippen molar-refractivity contribution in [1.82, 2.24) is 14.7 Å². The lowest BCUT2D eigenvalue weighted by molar-refractivity contribution is -0.0499. The summed E-state index contributed by atoms with van der Waals surface area (Å²) >= 11 is 3.41. The molecule has 0 spiro atoms. The molecular weight excluding hydrogens is 372 g/mol. The quantitative estimate of drug-likeness (QED) is 0.761. The van der Waals surface area contributed by atoms with Crippen molar-refractivity contribution < 1.29 is 18.3 Å². The second-order valence-corrected chi connectivity index (χ2v) is 5.70. The van der Waals surface area contributed by atoms with Gasteiger partial charge in [0.1, 0.15) is 5.75 Å². The second-order valence-electron chi connectivity index (χ2n) is 4.85. The van der Waals surface area contributed by atoms with E-state index in [0.717, 1.165) is 16.7 Å². The fourth-order valence-electron chi connectivity index (χ4n) is 2.03. The number of carbonyl (C=O) groups excluding carboxylic acids is 1. The third-order valence-corrected chi connectivity index (χ3v) is 3.81. The van der Waals surface area contributed by atoms with Crippen molar-refractivity contribution in [2.24, 2.45) is 0 Å². The van der Waals surface area contributed by atoms with Gasteiger partial charge in [-0.1, -0.05) is 6.07 Å². The highest BCUT2D eigenvalue weighted by atomic mass is 79.9. The van der Waals surface area contributed by atoms with Crippen LogP contribution in [0.4, 0.5) is 8.78 Å². The van der Waals surface area contributed by atoms with Gasteiger partial charge in [-0.25, -0.2) is 0 Å². The summed E-state index contributed by atoms with van der Waals surface area (Å²) in [5.74, 6) is -0.349. The minimum Gasteiger partial charge on any atom is -0.435 e. The number of alkyl halides is 2. The van der Waals surface area contributed by atoms with E-state index in [9.17, 15) is 13.6 Å². The summed E-state index contributed by atoms with van der Waals surface area (Å²) in [6.07, 6.45) is 1.84. The third-order valence-electron chi connectivity index (χ3n) is 3.15. The van der Waals surface area contributed by atoms with Crippen LogP contribution < -0.4 is 4.74 Å². The van der Waals surface area contributed by atoms with Crippen molar-refractivity contribution in [2.45, 2.75) is 26.6 Å². The van der Waals surface area contributed by atoms with Gasteiger partial charge in [-0.05, 0) is 41.1 Å². The molecule has 0 radical (unpaired) electrons. The molecule has 2 rings (SSSR count). The van der Waals surface area contributed by atoms with Gasteiger partial charge in [0.25, 0.3) is 5.91 Å². The monoisotopic (exact) mass is 387 g/mol. The van der Waals surface area contributed by atoms with Gasteiger partial charge in [0.15, 0.2) is 0 Å². The highest BCUT2D eigenvalue weighted by molar-refractivity contribution is 9.10. The lowest BCUT2D eigenvalue weighted by Crippen LogP contribution is -2.26. The Morgan fingerprint density at radius 1 is 1.48 bits per heavy atom. The average Bonchev–Trinajstić information content (AvgIpc) is 2.86. The Kier molecular flexibility index (Phi) is 5.70. The molecule has 1 aromatic heterocycles. The first-order valence-electron chi connectivity index (χ1n) is 6.93. The van der Waals surface area contributed by atoms with Crippen LogP contribution in [-0.4, -0.2) is 34.2 Å². The van der Waals surface area contributed by atoms with Gasteiger partial charge in [0, 0.05) is 25.4 Å². The van der Waals surface area contributed by atoms with E-state index in [1.165, 1.54) is 23.1 Å². The Morgan fingerprint density at radius 2 is 2.22 bits per heavy atom. The van der Waals surface area contributed by atoms with Gasteiger partial charge < -0.3 is 9.64 Å². The second kappa shape index (κ2) is 7.54. The first kappa shape index (κ1) is 17.4. The third kappa shape index (κ3) is 4.51. The lowest BCUT2D eigenvalue weighted by atomic mass is 10.2. The molecule has 1 aromatic carbocycles. The summed E-state index contributed by atoms with van der Waals surface area (Å²) in [5, 5.41) is 4.35. The van der Waals surface area contributed by atoms with Gasteiger partial charge in [-0.2, -0.15) is 13.9 Å². The van der Waals surface area contributed by atoms with Crippen LogP contribution >= 0.6 is 15.9 Å². The van der Waals surface area contributed by atoms with E-state index in [1.807, 2.05) is 13.1 Å².